The van der Waals surface area contributed by atoms with Gasteiger partial charge in [0.05, 0.1) is 13.1 Å². The van der Waals surface area contributed by atoms with Gasteiger partial charge in [-0.25, -0.2) is 0 Å². The van der Waals surface area contributed by atoms with Gasteiger partial charge in [0.25, 0.3) is 0 Å². The van der Waals surface area contributed by atoms with Crippen molar-refractivity contribution in [1.29, 1.82) is 0 Å². The molecule has 1 aliphatic carbocycles. The molecule has 25 heavy (non-hydrogen) atoms. The first-order valence-electron chi connectivity index (χ1n) is 9.43. The van der Waals surface area contributed by atoms with Crippen LogP contribution in [0.4, 0.5) is 0 Å². The van der Waals surface area contributed by atoms with E-state index in [1.165, 1.54) is 40.3 Å². The Bertz CT molecular complexity index is 812. The number of ketones is 1. The smallest absolute Gasteiger partial charge is 0.218 e. The number of carbonyl (C=O) groups excluding carboxylic acids is 1. The van der Waals surface area contributed by atoms with Gasteiger partial charge in [0, 0.05) is 29.4 Å². The van der Waals surface area contributed by atoms with E-state index in [1.54, 1.807) is 0 Å². The van der Waals surface area contributed by atoms with Crippen molar-refractivity contribution in [3.63, 3.8) is 0 Å². The van der Waals surface area contributed by atoms with Crippen molar-refractivity contribution in [2.24, 2.45) is 0 Å². The first kappa shape index (κ1) is 16.3. The molecule has 1 saturated carbocycles. The zero-order chi connectivity index (χ0) is 17.4. The molecule has 1 unspecified atom stereocenters. The number of nitrogens with one attached hydrogen (secondary N) is 1. The highest BCUT2D eigenvalue weighted by Crippen LogP contribution is 2.38. The predicted molar refractivity (Wildman–Crippen MR) is 101 cm³/mol. The molecule has 1 atom stereocenters. The van der Waals surface area contributed by atoms with Crippen LogP contribution in [0, 0.1) is 13.8 Å². The van der Waals surface area contributed by atoms with Crippen molar-refractivity contribution < 1.29 is 9.69 Å². The molecule has 2 aromatic rings. The first-order chi connectivity index (χ1) is 12.1. The van der Waals surface area contributed by atoms with E-state index in [1.807, 2.05) is 0 Å². The van der Waals surface area contributed by atoms with Crippen molar-refractivity contribution >= 4 is 11.4 Å². The third-order valence-electron chi connectivity index (χ3n) is 5.64. The summed E-state index contributed by atoms with van der Waals surface area (Å²) in [6.45, 7) is 6.82. The number of quaternary nitrogens is 1. The van der Waals surface area contributed by atoms with Gasteiger partial charge in [0.2, 0.25) is 5.78 Å². The van der Waals surface area contributed by atoms with Gasteiger partial charge in [-0.05, 0) is 50.0 Å². The molecule has 2 heterocycles. The number of hydrogen-bond acceptors (Lipinski definition) is 1. The fourth-order valence-corrected chi connectivity index (χ4v) is 4.13. The average molecular weight is 335 g/mol. The normalized spacial score (nSPS) is 20.4. The standard InChI is InChI=1S/C22H26N2O/c1-16-14-21(17(2)24(16)20-8-9-20)22(25)15-23-12-10-19(11-13-23)18-6-4-3-5-7-18/h3-7,10,14,20H,8-9,11-13,15H2,1-2H3/p+1. The molecule has 0 spiro atoms. The highest BCUT2D eigenvalue weighted by molar-refractivity contribution is 5.98. The summed E-state index contributed by atoms with van der Waals surface area (Å²) in [5, 5.41) is 0. The van der Waals surface area contributed by atoms with Crippen LogP contribution in [-0.4, -0.2) is 30.0 Å². The van der Waals surface area contributed by atoms with Gasteiger partial charge < -0.3 is 9.47 Å². The van der Waals surface area contributed by atoms with Crippen LogP contribution in [0.3, 0.4) is 0 Å². The van der Waals surface area contributed by atoms with E-state index in [2.05, 4.69) is 60.9 Å². The number of Topliss-reactive ketones (excluding diaryl/α,β-unsaturated/α-hetero) is 1. The van der Waals surface area contributed by atoms with Crippen LogP contribution in [0.2, 0.25) is 0 Å². The van der Waals surface area contributed by atoms with Crippen LogP contribution >= 0.6 is 0 Å². The summed E-state index contributed by atoms with van der Waals surface area (Å²) in [4.78, 5) is 14.2. The van der Waals surface area contributed by atoms with E-state index in [9.17, 15) is 4.79 Å². The Morgan fingerprint density at radius 3 is 2.60 bits per heavy atom. The Hall–Kier alpha value is -2.13. The third kappa shape index (κ3) is 3.34. The molecule has 1 aliphatic heterocycles. The van der Waals surface area contributed by atoms with Gasteiger partial charge in [-0.2, -0.15) is 0 Å². The van der Waals surface area contributed by atoms with Crippen LogP contribution in [0.15, 0.2) is 42.5 Å². The summed E-state index contributed by atoms with van der Waals surface area (Å²) >= 11 is 0. The number of carbonyl (C=O) groups is 1. The maximum atomic E-state index is 12.8. The van der Waals surface area contributed by atoms with E-state index in [0.717, 1.165) is 25.1 Å². The molecule has 3 nitrogen and oxygen atoms in total. The van der Waals surface area contributed by atoms with Crippen molar-refractivity contribution in [3.05, 3.63) is 65.0 Å². The van der Waals surface area contributed by atoms with E-state index >= 15 is 0 Å². The lowest BCUT2D eigenvalue weighted by Crippen LogP contribution is -3.13. The molecule has 0 amide bonds. The largest absolute Gasteiger partial charge is 0.345 e. The van der Waals surface area contributed by atoms with Crippen LogP contribution < -0.4 is 4.90 Å². The predicted octanol–water partition coefficient (Wildman–Crippen LogP) is 2.99. The molecule has 0 saturated heterocycles. The molecular formula is C22H27N2O+. The SMILES string of the molecule is Cc1cc(C(=O)C[NH+]2CC=C(c3ccccc3)CC2)c(C)n1C1CC1. The lowest BCUT2D eigenvalue weighted by Gasteiger charge is -2.23. The number of rotatable bonds is 5. The minimum absolute atomic E-state index is 0.298. The quantitative estimate of drug-likeness (QED) is 0.836. The summed E-state index contributed by atoms with van der Waals surface area (Å²) in [5.74, 6) is 0.298. The second kappa shape index (κ2) is 6.64. The van der Waals surface area contributed by atoms with Gasteiger partial charge in [-0.3, -0.25) is 4.79 Å². The molecule has 130 valence electrons. The molecule has 1 aromatic heterocycles. The Labute approximate surface area is 150 Å². The first-order valence-corrected chi connectivity index (χ1v) is 9.43. The van der Waals surface area contributed by atoms with Gasteiger partial charge >= 0.3 is 0 Å². The van der Waals surface area contributed by atoms with Crippen molar-refractivity contribution in [1.82, 2.24) is 4.57 Å². The zero-order valence-electron chi connectivity index (χ0n) is 15.2. The van der Waals surface area contributed by atoms with Gasteiger partial charge in [0.15, 0.2) is 0 Å². The van der Waals surface area contributed by atoms with Crippen LogP contribution in [-0.2, 0) is 0 Å². The van der Waals surface area contributed by atoms with Gasteiger partial charge in [-0.15, -0.1) is 0 Å². The summed E-state index contributed by atoms with van der Waals surface area (Å²) in [6.07, 6.45) is 5.88. The number of nitrogens with zero attached hydrogens (tertiary/aromatic N) is 1. The van der Waals surface area contributed by atoms with Crippen molar-refractivity contribution in [2.45, 2.75) is 39.2 Å². The fourth-order valence-electron chi connectivity index (χ4n) is 4.13. The Kier molecular flexibility index (Phi) is 4.34. The topological polar surface area (TPSA) is 26.4 Å². The highest BCUT2D eigenvalue weighted by Gasteiger charge is 2.29. The molecule has 2 aliphatic rings. The molecule has 1 N–H and O–H groups in total. The Morgan fingerprint density at radius 2 is 1.96 bits per heavy atom. The number of aryl methyl sites for hydroxylation is 1. The summed E-state index contributed by atoms with van der Waals surface area (Å²) in [6, 6.07) is 13.3. The zero-order valence-corrected chi connectivity index (χ0v) is 15.2. The second-order valence-electron chi connectivity index (χ2n) is 7.54. The molecule has 3 heteroatoms. The number of aromatic nitrogens is 1. The molecule has 4 rings (SSSR count). The van der Waals surface area contributed by atoms with E-state index < -0.39 is 0 Å². The van der Waals surface area contributed by atoms with Crippen LogP contribution in [0.1, 0.15) is 52.6 Å². The fraction of sp³-hybridized carbons (Fsp3) is 0.409. The average Bonchev–Trinajstić information content (AvgIpc) is 3.41. The lowest BCUT2D eigenvalue weighted by atomic mass is 9.99. The minimum Gasteiger partial charge on any atom is -0.345 e. The highest BCUT2D eigenvalue weighted by atomic mass is 16.1. The Balaban J connectivity index is 1.43. The van der Waals surface area contributed by atoms with Crippen LogP contribution in [0.25, 0.3) is 5.57 Å². The van der Waals surface area contributed by atoms with Gasteiger partial charge in [-0.1, -0.05) is 30.3 Å². The maximum absolute atomic E-state index is 12.8. The summed E-state index contributed by atoms with van der Waals surface area (Å²) in [7, 11) is 0. The molecule has 0 bridgehead atoms. The van der Waals surface area contributed by atoms with Crippen molar-refractivity contribution in [3.8, 4) is 0 Å². The number of hydrogen-bond donors (Lipinski definition) is 1. The third-order valence-corrected chi connectivity index (χ3v) is 5.64. The number of benzene rings is 1. The molecular weight excluding hydrogens is 308 g/mol. The van der Waals surface area contributed by atoms with E-state index in [4.69, 9.17) is 0 Å². The van der Waals surface area contributed by atoms with Crippen LogP contribution in [0.5, 0.6) is 0 Å². The molecule has 0 radical (unpaired) electrons. The van der Waals surface area contributed by atoms with E-state index in [-0.39, 0.29) is 0 Å². The lowest BCUT2D eigenvalue weighted by molar-refractivity contribution is -0.886. The van der Waals surface area contributed by atoms with Gasteiger partial charge in [0.1, 0.15) is 6.54 Å². The summed E-state index contributed by atoms with van der Waals surface area (Å²) < 4.78 is 2.37. The van der Waals surface area contributed by atoms with Crippen molar-refractivity contribution in [2.75, 3.05) is 19.6 Å². The second-order valence-corrected chi connectivity index (χ2v) is 7.54. The Morgan fingerprint density at radius 1 is 1.20 bits per heavy atom. The molecule has 1 fully saturated rings. The van der Waals surface area contributed by atoms with E-state index in [0.29, 0.717) is 18.4 Å². The molecule has 1 aromatic carbocycles. The maximum Gasteiger partial charge on any atom is 0.218 e. The monoisotopic (exact) mass is 335 g/mol. The minimum atomic E-state index is 0.298. The summed E-state index contributed by atoms with van der Waals surface area (Å²) in [5.41, 5.74) is 6.09.